The fourth-order valence-electron chi connectivity index (χ4n) is 3.62. The van der Waals surface area contributed by atoms with Gasteiger partial charge in [0.05, 0.1) is 32.2 Å². The first kappa shape index (κ1) is 20.8. The maximum atomic E-state index is 13.2. The average molecular weight is 483 g/mol. The fourth-order valence-corrected chi connectivity index (χ4v) is 7.18. The van der Waals surface area contributed by atoms with Crippen molar-refractivity contribution in [3.8, 4) is 5.75 Å². The molecule has 0 saturated heterocycles. The smallest absolute Gasteiger partial charge is 0.265 e. The molecule has 0 aliphatic carbocycles. The zero-order chi connectivity index (χ0) is 22.5. The second-order valence-electron chi connectivity index (χ2n) is 7.23. The van der Waals surface area contributed by atoms with Gasteiger partial charge in [0.1, 0.15) is 10.6 Å². The molecule has 0 unspecified atom stereocenters. The number of nitrogens with zero attached hydrogens (tertiary/aromatic N) is 2. The van der Waals surface area contributed by atoms with Gasteiger partial charge in [-0.3, -0.25) is 9.82 Å². The van der Waals surface area contributed by atoms with Gasteiger partial charge in [-0.15, -0.1) is 11.3 Å². The van der Waals surface area contributed by atoms with E-state index in [4.69, 9.17) is 0 Å². The number of H-pyrrole nitrogens is 1. The van der Waals surface area contributed by atoms with E-state index in [-0.39, 0.29) is 10.6 Å². The van der Waals surface area contributed by atoms with Gasteiger partial charge in [0, 0.05) is 10.8 Å². The van der Waals surface area contributed by atoms with Crippen molar-refractivity contribution in [1.82, 2.24) is 15.2 Å². The van der Waals surface area contributed by atoms with Crippen LogP contribution in [0.15, 0.2) is 68.7 Å². The van der Waals surface area contributed by atoms with Crippen LogP contribution in [0.4, 0.5) is 5.69 Å². The van der Waals surface area contributed by atoms with Crippen LogP contribution in [0.25, 0.3) is 21.0 Å². The normalized spacial score (nSPS) is 11.9. The number of phenols is 1. The highest BCUT2D eigenvalue weighted by molar-refractivity contribution is 8.01. The lowest BCUT2D eigenvalue weighted by atomic mass is 10.1. The zero-order valence-electron chi connectivity index (χ0n) is 17.1. The summed E-state index contributed by atoms with van der Waals surface area (Å²) < 4.78 is 30.8. The molecule has 0 atom stereocenters. The molecule has 162 valence electrons. The van der Waals surface area contributed by atoms with E-state index in [1.165, 1.54) is 23.1 Å². The summed E-state index contributed by atoms with van der Waals surface area (Å²) in [5, 5.41) is 18.8. The molecule has 0 amide bonds. The van der Waals surface area contributed by atoms with Crippen molar-refractivity contribution < 1.29 is 13.5 Å². The van der Waals surface area contributed by atoms with Crippen molar-refractivity contribution >= 4 is 59.8 Å². The number of benzene rings is 3. The summed E-state index contributed by atoms with van der Waals surface area (Å²) in [7, 11) is -3.89. The van der Waals surface area contributed by atoms with Crippen LogP contribution in [0.2, 0.25) is 0 Å². The van der Waals surface area contributed by atoms with Crippen LogP contribution < -0.4 is 4.72 Å². The van der Waals surface area contributed by atoms with Gasteiger partial charge in [-0.2, -0.15) is 5.10 Å². The van der Waals surface area contributed by atoms with Crippen molar-refractivity contribution in [2.75, 3.05) is 4.72 Å². The van der Waals surface area contributed by atoms with Gasteiger partial charge in [-0.1, -0.05) is 48.2 Å². The highest BCUT2D eigenvalue weighted by Gasteiger charge is 2.24. The van der Waals surface area contributed by atoms with Gasteiger partial charge < -0.3 is 5.11 Å². The molecule has 5 aromatic rings. The number of thiazole rings is 1. The molecular formula is C22H18N4O3S3. The Kier molecular flexibility index (Phi) is 5.07. The molecule has 0 spiro atoms. The van der Waals surface area contributed by atoms with E-state index in [1.807, 2.05) is 24.3 Å². The summed E-state index contributed by atoms with van der Waals surface area (Å²) in [5.41, 5.74) is 2.11. The number of para-hydroxylation sites is 1. The molecular weight excluding hydrogens is 464 g/mol. The largest absolute Gasteiger partial charge is 0.506 e. The highest BCUT2D eigenvalue weighted by Crippen LogP contribution is 2.44. The lowest BCUT2D eigenvalue weighted by Gasteiger charge is -2.14. The number of fused-ring (bicyclic) bond motifs is 2. The molecule has 0 bridgehead atoms. The lowest BCUT2D eigenvalue weighted by molar-refractivity contribution is 0.469. The molecule has 32 heavy (non-hydrogen) atoms. The number of hydrogen-bond donors (Lipinski definition) is 3. The Labute approximate surface area is 192 Å². The molecule has 2 aromatic heterocycles. The number of phenolic OH excluding ortho intramolecular Hbond substituents is 1. The average Bonchev–Trinajstić information content (AvgIpc) is 3.33. The van der Waals surface area contributed by atoms with Crippen molar-refractivity contribution in [2.24, 2.45) is 0 Å². The second-order valence-corrected chi connectivity index (χ2v) is 11.2. The number of aryl methyl sites for hydroxylation is 2. The second kappa shape index (κ2) is 7.80. The molecule has 0 fully saturated rings. The summed E-state index contributed by atoms with van der Waals surface area (Å²) in [6.07, 6.45) is 0. The minimum Gasteiger partial charge on any atom is -0.506 e. The summed E-state index contributed by atoms with van der Waals surface area (Å²) >= 11 is 2.82. The van der Waals surface area contributed by atoms with E-state index in [9.17, 15) is 13.5 Å². The maximum absolute atomic E-state index is 13.2. The minimum atomic E-state index is -3.89. The van der Waals surface area contributed by atoms with Crippen LogP contribution in [-0.2, 0) is 10.0 Å². The van der Waals surface area contributed by atoms with Gasteiger partial charge in [0.15, 0.2) is 4.34 Å². The fraction of sp³-hybridized carbons (Fsp3) is 0.0909. The van der Waals surface area contributed by atoms with Gasteiger partial charge in [0.2, 0.25) is 0 Å². The van der Waals surface area contributed by atoms with Crippen molar-refractivity contribution in [3.05, 3.63) is 66.0 Å². The Balaban J connectivity index is 1.62. The van der Waals surface area contributed by atoms with E-state index in [0.717, 1.165) is 14.6 Å². The Bertz CT molecular complexity index is 1540. The topological polar surface area (TPSA) is 108 Å². The first-order valence-electron chi connectivity index (χ1n) is 9.66. The van der Waals surface area contributed by atoms with Gasteiger partial charge in [-0.25, -0.2) is 13.4 Å². The quantitative estimate of drug-likeness (QED) is 0.288. The molecule has 0 aliphatic heterocycles. The first-order valence-corrected chi connectivity index (χ1v) is 12.8. The molecule has 10 heteroatoms. The van der Waals surface area contributed by atoms with Crippen LogP contribution in [-0.4, -0.2) is 28.7 Å². The lowest BCUT2D eigenvalue weighted by Crippen LogP contribution is -2.15. The molecule has 0 aliphatic rings. The van der Waals surface area contributed by atoms with E-state index in [1.54, 1.807) is 44.2 Å². The molecule has 0 radical (unpaired) electrons. The van der Waals surface area contributed by atoms with E-state index in [0.29, 0.717) is 32.7 Å². The number of rotatable bonds is 5. The summed E-state index contributed by atoms with van der Waals surface area (Å²) in [5.74, 6) is 0.0866. The predicted octanol–water partition coefficient (Wildman–Crippen LogP) is 5.45. The molecule has 3 aromatic carbocycles. The monoisotopic (exact) mass is 482 g/mol. The number of nitrogens with one attached hydrogen (secondary N) is 2. The maximum Gasteiger partial charge on any atom is 0.265 e. The minimum absolute atomic E-state index is 0.0866. The molecule has 0 saturated carbocycles. The Hall–Kier alpha value is -3.08. The number of aromatic hydroxyl groups is 1. The Morgan fingerprint density at radius 1 is 1.06 bits per heavy atom. The van der Waals surface area contributed by atoms with Gasteiger partial charge in [-0.05, 0) is 32.0 Å². The summed E-state index contributed by atoms with van der Waals surface area (Å²) in [6, 6.07) is 16.6. The Morgan fingerprint density at radius 2 is 1.78 bits per heavy atom. The van der Waals surface area contributed by atoms with Crippen LogP contribution in [0.3, 0.4) is 0 Å². The third-order valence-electron chi connectivity index (χ3n) is 5.03. The van der Waals surface area contributed by atoms with Crippen molar-refractivity contribution in [3.63, 3.8) is 0 Å². The number of sulfonamides is 1. The van der Waals surface area contributed by atoms with Crippen LogP contribution in [0, 0.1) is 13.8 Å². The summed E-state index contributed by atoms with van der Waals surface area (Å²) in [4.78, 5) is 5.25. The molecule has 5 rings (SSSR count). The molecule has 7 nitrogen and oxygen atoms in total. The standard InChI is InChI=1S/C22H18N4O3S3/c1-12-21(13(2)25-24-12)32(28,29)26-17-11-19(20(27)15-8-4-3-7-14(15)17)31-22-23-16-9-5-6-10-18(16)30-22/h3-11,26-27H,1-2H3,(H,24,25). The zero-order valence-corrected chi connectivity index (χ0v) is 19.5. The van der Waals surface area contributed by atoms with E-state index in [2.05, 4.69) is 19.9 Å². The van der Waals surface area contributed by atoms with Gasteiger partial charge >= 0.3 is 0 Å². The highest BCUT2D eigenvalue weighted by atomic mass is 32.2. The number of anilines is 1. The third-order valence-corrected chi connectivity index (χ3v) is 8.78. The van der Waals surface area contributed by atoms with Crippen molar-refractivity contribution in [1.29, 1.82) is 0 Å². The number of aromatic nitrogens is 3. The SMILES string of the molecule is Cc1n[nH]c(C)c1S(=O)(=O)Nc1cc(Sc2nc3ccccc3s2)c(O)c2ccccc12. The first-order chi connectivity index (χ1) is 15.3. The predicted molar refractivity (Wildman–Crippen MR) is 128 cm³/mol. The van der Waals surface area contributed by atoms with Crippen molar-refractivity contribution in [2.45, 2.75) is 28.0 Å². The van der Waals surface area contributed by atoms with E-state index < -0.39 is 10.0 Å². The van der Waals surface area contributed by atoms with Crippen LogP contribution in [0.1, 0.15) is 11.4 Å². The Morgan fingerprint density at radius 3 is 2.50 bits per heavy atom. The van der Waals surface area contributed by atoms with Crippen LogP contribution in [0.5, 0.6) is 5.75 Å². The number of hydrogen-bond acceptors (Lipinski definition) is 7. The van der Waals surface area contributed by atoms with E-state index >= 15 is 0 Å². The molecule has 2 heterocycles. The third kappa shape index (κ3) is 3.60. The number of aromatic amines is 1. The molecule has 3 N–H and O–H groups in total. The summed E-state index contributed by atoms with van der Waals surface area (Å²) in [6.45, 7) is 3.30. The van der Waals surface area contributed by atoms with Gasteiger partial charge in [0.25, 0.3) is 10.0 Å². The van der Waals surface area contributed by atoms with Crippen LogP contribution >= 0.6 is 23.1 Å².